The van der Waals surface area contributed by atoms with E-state index in [-0.39, 0.29) is 6.29 Å². The Balaban J connectivity index is 1.78. The van der Waals surface area contributed by atoms with Crippen LogP contribution in [0.2, 0.25) is 0 Å². The smallest absolute Gasteiger partial charge is 0.187 e. The number of aliphatic hydroxyl groups is 14. The average Bonchev–Trinajstić information content (AvgIpc) is 3.04. The zero-order valence-electron chi connectivity index (χ0n) is 23.5. The number of rotatable bonds is 14. The van der Waals surface area contributed by atoms with Crippen molar-refractivity contribution in [1.82, 2.24) is 0 Å². The summed E-state index contributed by atoms with van der Waals surface area (Å²) in [6, 6.07) is 0. The van der Waals surface area contributed by atoms with E-state index in [0.29, 0.717) is 0 Å². The summed E-state index contributed by atoms with van der Waals surface area (Å²) in [7, 11) is 0. The van der Waals surface area contributed by atoms with Crippen molar-refractivity contribution in [2.24, 2.45) is 0 Å². The second-order valence-corrected chi connectivity index (χ2v) is 10.8. The molecule has 0 radical (unpaired) electrons. The SMILES string of the molecule is O=C[C@H](O)[C@@H](O[C@H]1O[C@H](CO)[C@H](O[C@@H]2O[C@H](CO)[C@H](O)[C@H](O[C@H]3O[C@H](CO)[C@H](O)[C@H](O)[C@H]3O)[C@H]2O)[C@H](O)[C@H]1O)[C@@H](O)[C@H](O)CO. The molecule has 0 unspecified atom stereocenters. The Morgan fingerprint density at radius 2 is 1.07 bits per heavy atom. The van der Waals surface area contributed by atoms with Crippen LogP contribution in [0.1, 0.15) is 0 Å². The zero-order chi connectivity index (χ0) is 33.7. The first-order chi connectivity index (χ1) is 21.2. The summed E-state index contributed by atoms with van der Waals surface area (Å²) in [5.41, 5.74) is 0. The van der Waals surface area contributed by atoms with E-state index in [1.807, 2.05) is 0 Å². The number of carbonyl (C=O) groups is 1. The van der Waals surface area contributed by atoms with Gasteiger partial charge in [0.05, 0.1) is 26.4 Å². The van der Waals surface area contributed by atoms with Gasteiger partial charge in [0.2, 0.25) is 0 Å². The highest BCUT2D eigenvalue weighted by Crippen LogP contribution is 2.33. The Morgan fingerprint density at radius 3 is 1.60 bits per heavy atom. The topological polar surface area (TPSA) is 356 Å². The summed E-state index contributed by atoms with van der Waals surface area (Å²) in [6.45, 7) is -3.72. The molecule has 45 heavy (non-hydrogen) atoms. The predicted molar refractivity (Wildman–Crippen MR) is 135 cm³/mol. The highest BCUT2D eigenvalue weighted by molar-refractivity contribution is 5.56. The number of hydrogen-bond acceptors (Lipinski definition) is 21. The van der Waals surface area contributed by atoms with Crippen molar-refractivity contribution >= 4 is 6.29 Å². The van der Waals surface area contributed by atoms with Crippen LogP contribution in [0.4, 0.5) is 0 Å². The van der Waals surface area contributed by atoms with Crippen LogP contribution in [0, 0.1) is 0 Å². The van der Waals surface area contributed by atoms with E-state index in [0.717, 1.165) is 0 Å². The Labute approximate surface area is 254 Å². The second kappa shape index (κ2) is 16.8. The maximum Gasteiger partial charge on any atom is 0.187 e. The lowest BCUT2D eigenvalue weighted by Crippen LogP contribution is -2.67. The predicted octanol–water partition coefficient (Wildman–Crippen LogP) is -9.91. The van der Waals surface area contributed by atoms with Crippen LogP contribution in [-0.4, -0.2) is 221 Å². The molecule has 0 bridgehead atoms. The molecule has 0 saturated carbocycles. The first-order valence-electron chi connectivity index (χ1n) is 13.9. The normalized spacial score (nSPS) is 45.4. The highest BCUT2D eigenvalue weighted by atomic mass is 16.8. The number of hydrogen-bond donors (Lipinski definition) is 14. The lowest BCUT2D eigenvalue weighted by atomic mass is 9.96. The Hall–Kier alpha value is -1.13. The molecule has 3 rings (SSSR count). The van der Waals surface area contributed by atoms with Crippen LogP contribution in [0.3, 0.4) is 0 Å². The van der Waals surface area contributed by atoms with Crippen LogP contribution in [-0.2, 0) is 33.2 Å². The van der Waals surface area contributed by atoms with Crippen molar-refractivity contribution in [2.75, 3.05) is 26.4 Å². The summed E-state index contributed by atoms with van der Waals surface area (Å²) in [5, 5.41) is 142. The molecular formula is C24H42O21. The molecule has 3 saturated heterocycles. The fourth-order valence-electron chi connectivity index (χ4n) is 5.07. The molecule has 19 atom stereocenters. The van der Waals surface area contributed by atoms with Crippen LogP contribution in [0.15, 0.2) is 0 Å². The fraction of sp³-hybridized carbons (Fsp3) is 0.958. The molecule has 14 N–H and O–H groups in total. The third kappa shape index (κ3) is 8.30. The van der Waals surface area contributed by atoms with E-state index >= 15 is 0 Å². The molecule has 0 aromatic heterocycles. The second-order valence-electron chi connectivity index (χ2n) is 10.8. The molecule has 3 aliphatic heterocycles. The minimum atomic E-state index is -2.13. The van der Waals surface area contributed by atoms with Crippen LogP contribution >= 0.6 is 0 Å². The Kier molecular flexibility index (Phi) is 14.3. The Morgan fingerprint density at radius 1 is 0.578 bits per heavy atom. The third-order valence-electron chi connectivity index (χ3n) is 7.76. The minimum Gasteiger partial charge on any atom is -0.394 e. The molecule has 3 heterocycles. The maximum absolute atomic E-state index is 11.1. The summed E-state index contributed by atoms with van der Waals surface area (Å²) < 4.78 is 32.3. The minimum absolute atomic E-state index is 0.0878. The number of aldehydes is 1. The molecule has 264 valence electrons. The van der Waals surface area contributed by atoms with Gasteiger partial charge in [-0.05, 0) is 0 Å². The maximum atomic E-state index is 11.1. The highest BCUT2D eigenvalue weighted by Gasteiger charge is 2.54. The molecule has 0 aromatic rings. The van der Waals surface area contributed by atoms with E-state index in [1.54, 1.807) is 0 Å². The van der Waals surface area contributed by atoms with Gasteiger partial charge in [-0.2, -0.15) is 0 Å². The van der Waals surface area contributed by atoms with E-state index < -0.39 is 143 Å². The fourth-order valence-corrected chi connectivity index (χ4v) is 5.07. The number of ether oxygens (including phenoxy) is 6. The monoisotopic (exact) mass is 666 g/mol. The quantitative estimate of drug-likeness (QED) is 0.0765. The standard InChI is InChI=1S/C24H42O21/c25-1-6(30)11(32)19(7(31)2-26)43-23-17(38)15(36)20(10(5-29)42-23)44-24-18(39)21(13(34)9(4-28)41-24)45-22-16(37)14(35)12(33)8(3-27)40-22/h2,6-25,27-39H,1,3-5H2/t6-,7+,8-,9-,10-,11+,12+,13+,14+,15-,16-,17-,18-,19-,20+,21+,22-,23-,24+/m1/s1. The zero-order valence-corrected chi connectivity index (χ0v) is 23.5. The largest absolute Gasteiger partial charge is 0.394 e. The third-order valence-corrected chi connectivity index (χ3v) is 7.76. The van der Waals surface area contributed by atoms with Crippen molar-refractivity contribution in [1.29, 1.82) is 0 Å². The van der Waals surface area contributed by atoms with Gasteiger partial charge in [-0.1, -0.05) is 0 Å². The molecule has 0 aromatic carbocycles. The van der Waals surface area contributed by atoms with Crippen LogP contribution in [0.25, 0.3) is 0 Å². The lowest BCUT2D eigenvalue weighted by molar-refractivity contribution is -0.383. The van der Waals surface area contributed by atoms with Crippen molar-refractivity contribution in [3.63, 3.8) is 0 Å². The summed E-state index contributed by atoms with van der Waals surface area (Å²) in [5.74, 6) is 0. The van der Waals surface area contributed by atoms with Gasteiger partial charge in [0.15, 0.2) is 25.2 Å². The lowest BCUT2D eigenvalue weighted by Gasteiger charge is -2.48. The van der Waals surface area contributed by atoms with E-state index in [1.165, 1.54) is 0 Å². The molecule has 0 spiro atoms. The van der Waals surface area contributed by atoms with Crippen LogP contribution in [0.5, 0.6) is 0 Å². The average molecular weight is 667 g/mol. The van der Waals surface area contributed by atoms with E-state index in [9.17, 15) is 71.2 Å². The van der Waals surface area contributed by atoms with Crippen molar-refractivity contribution in [2.45, 2.75) is 117 Å². The van der Waals surface area contributed by atoms with Gasteiger partial charge in [0.25, 0.3) is 0 Å². The molecule has 21 nitrogen and oxygen atoms in total. The first-order valence-corrected chi connectivity index (χ1v) is 13.9. The van der Waals surface area contributed by atoms with Gasteiger partial charge < -0.3 is 105 Å². The van der Waals surface area contributed by atoms with E-state index in [2.05, 4.69) is 0 Å². The molecule has 21 heteroatoms. The van der Waals surface area contributed by atoms with E-state index in [4.69, 9.17) is 33.5 Å². The molecule has 3 fully saturated rings. The van der Waals surface area contributed by atoms with Gasteiger partial charge in [-0.15, -0.1) is 0 Å². The number of carbonyl (C=O) groups excluding carboxylic acids is 1. The van der Waals surface area contributed by atoms with Gasteiger partial charge >= 0.3 is 0 Å². The van der Waals surface area contributed by atoms with Gasteiger partial charge in [0.1, 0.15) is 97.7 Å². The Bertz CT molecular complexity index is 897. The summed E-state index contributed by atoms with van der Waals surface area (Å²) in [6.07, 6.45) is -35.9. The van der Waals surface area contributed by atoms with Gasteiger partial charge in [-0.3, -0.25) is 0 Å². The van der Waals surface area contributed by atoms with Crippen molar-refractivity contribution in [3.05, 3.63) is 0 Å². The molecule has 0 amide bonds. The van der Waals surface area contributed by atoms with Gasteiger partial charge in [-0.25, -0.2) is 0 Å². The van der Waals surface area contributed by atoms with Crippen LogP contribution < -0.4 is 0 Å². The summed E-state index contributed by atoms with van der Waals surface area (Å²) >= 11 is 0. The first kappa shape index (κ1) is 38.3. The molecular weight excluding hydrogens is 624 g/mol. The van der Waals surface area contributed by atoms with Crippen molar-refractivity contribution in [3.8, 4) is 0 Å². The molecule has 0 aliphatic carbocycles. The molecule has 3 aliphatic rings. The van der Waals surface area contributed by atoms with Gasteiger partial charge in [0, 0.05) is 0 Å². The number of aliphatic hydroxyl groups excluding tert-OH is 14. The summed E-state index contributed by atoms with van der Waals surface area (Å²) in [4.78, 5) is 11.1. The van der Waals surface area contributed by atoms with Crippen molar-refractivity contribution < 1.29 is 105 Å².